The van der Waals surface area contributed by atoms with Crippen LogP contribution < -0.4 is 16.0 Å². The maximum absolute atomic E-state index is 12.4. The molecule has 0 spiro atoms. The molecule has 2 rings (SSSR count). The summed E-state index contributed by atoms with van der Waals surface area (Å²) in [7, 11) is 0. The van der Waals surface area contributed by atoms with Crippen molar-refractivity contribution in [3.63, 3.8) is 0 Å². The molecule has 1 atom stereocenters. The number of hydrogen-bond donors (Lipinski definition) is 3. The third-order valence-corrected chi connectivity index (χ3v) is 4.66. The summed E-state index contributed by atoms with van der Waals surface area (Å²) in [4.78, 5) is 24.5. The van der Waals surface area contributed by atoms with Crippen LogP contribution in [0.25, 0.3) is 0 Å². The van der Waals surface area contributed by atoms with Crippen LogP contribution in [0.1, 0.15) is 22.8 Å². The number of para-hydroxylation sites is 1. The van der Waals surface area contributed by atoms with Crippen LogP contribution in [-0.2, 0) is 16.0 Å². The predicted molar refractivity (Wildman–Crippen MR) is 124 cm³/mol. The van der Waals surface area contributed by atoms with Crippen LogP contribution in [0.4, 0.5) is 5.69 Å². The van der Waals surface area contributed by atoms with Crippen LogP contribution in [0.3, 0.4) is 0 Å². The largest absolute Gasteiger partial charge is 0.462 e. The van der Waals surface area contributed by atoms with Crippen molar-refractivity contribution < 1.29 is 14.3 Å². The van der Waals surface area contributed by atoms with Crippen molar-refractivity contribution in [2.45, 2.75) is 23.3 Å². The van der Waals surface area contributed by atoms with Crippen LogP contribution >= 0.6 is 47.0 Å². The fraction of sp³-hybridized carbons (Fsp3) is 0.250. The predicted octanol–water partition coefficient (Wildman–Crippen LogP) is 4.20. The van der Waals surface area contributed by atoms with Crippen molar-refractivity contribution in [3.05, 3.63) is 65.7 Å². The first-order valence-corrected chi connectivity index (χ1v) is 10.5. The molecule has 0 bridgehead atoms. The number of esters is 1. The molecule has 1 amide bonds. The van der Waals surface area contributed by atoms with Gasteiger partial charge in [-0.2, -0.15) is 0 Å². The summed E-state index contributed by atoms with van der Waals surface area (Å²) in [5.74, 6) is -0.864. The van der Waals surface area contributed by atoms with E-state index in [1.54, 1.807) is 31.2 Å². The molecule has 6 nitrogen and oxygen atoms in total. The summed E-state index contributed by atoms with van der Waals surface area (Å²) in [5.41, 5.74) is 1.51. The Hall–Kier alpha value is -2.06. The van der Waals surface area contributed by atoms with E-state index in [2.05, 4.69) is 16.0 Å². The molecule has 0 fully saturated rings. The minimum atomic E-state index is -1.89. The number of benzene rings is 2. The lowest BCUT2D eigenvalue weighted by Crippen LogP contribution is -2.56. The zero-order chi connectivity index (χ0) is 22.1. The van der Waals surface area contributed by atoms with Gasteiger partial charge in [0, 0.05) is 0 Å². The Balaban J connectivity index is 2.06. The van der Waals surface area contributed by atoms with Crippen molar-refractivity contribution in [3.8, 4) is 0 Å². The molecule has 3 N–H and O–H groups in total. The third kappa shape index (κ3) is 7.65. The number of nitrogens with one attached hydrogen (secondary N) is 3. The molecule has 0 aliphatic heterocycles. The first kappa shape index (κ1) is 24.2. The van der Waals surface area contributed by atoms with Crippen LogP contribution in [0.15, 0.2) is 54.6 Å². The SMILES string of the molecule is CCOC(=O)c1ccccc1NC(=S)NC(NC(=O)Cc1ccccc1)C(Cl)(Cl)Cl. The second kappa shape index (κ2) is 11.4. The zero-order valence-electron chi connectivity index (χ0n) is 16.0. The van der Waals surface area contributed by atoms with Gasteiger partial charge in [-0.3, -0.25) is 4.79 Å². The molecule has 0 aliphatic carbocycles. The number of hydrogen-bond acceptors (Lipinski definition) is 4. The highest BCUT2D eigenvalue weighted by atomic mass is 35.6. The van der Waals surface area contributed by atoms with Gasteiger partial charge in [0.1, 0.15) is 6.17 Å². The fourth-order valence-corrected chi connectivity index (χ4v) is 3.02. The molecule has 0 heterocycles. The van der Waals surface area contributed by atoms with Gasteiger partial charge in [0.2, 0.25) is 9.70 Å². The van der Waals surface area contributed by atoms with Gasteiger partial charge >= 0.3 is 5.97 Å². The van der Waals surface area contributed by atoms with Gasteiger partial charge in [-0.05, 0) is 36.8 Å². The summed E-state index contributed by atoms with van der Waals surface area (Å²) >= 11 is 23.3. The Morgan fingerprint density at radius 3 is 2.30 bits per heavy atom. The minimum absolute atomic E-state index is 0.0445. The first-order chi connectivity index (χ1) is 14.2. The maximum atomic E-state index is 12.4. The molecular formula is C20H20Cl3N3O3S. The van der Waals surface area contributed by atoms with Crippen molar-refractivity contribution in [2.75, 3.05) is 11.9 Å². The Kier molecular flexibility index (Phi) is 9.17. The van der Waals surface area contributed by atoms with E-state index in [9.17, 15) is 9.59 Å². The summed E-state index contributed by atoms with van der Waals surface area (Å²) in [6.07, 6.45) is -1.01. The maximum Gasteiger partial charge on any atom is 0.340 e. The molecule has 0 saturated heterocycles. The lowest BCUT2D eigenvalue weighted by atomic mass is 10.1. The van der Waals surface area contributed by atoms with Crippen molar-refractivity contribution in [1.82, 2.24) is 10.6 Å². The fourth-order valence-electron chi connectivity index (χ4n) is 2.46. The highest BCUT2D eigenvalue weighted by molar-refractivity contribution is 7.80. The standard InChI is InChI=1S/C20H20Cl3N3O3S/c1-2-29-17(28)14-10-6-7-11-15(14)24-19(30)26-18(20(21,22)23)25-16(27)12-13-8-4-3-5-9-13/h3-11,18H,2,12H2,1H3,(H,25,27)(H2,24,26,30). The second-order valence-electron chi connectivity index (χ2n) is 6.07. The van der Waals surface area contributed by atoms with Gasteiger partial charge in [0.15, 0.2) is 5.11 Å². The average Bonchev–Trinajstić information content (AvgIpc) is 2.68. The van der Waals surface area contributed by atoms with Gasteiger partial charge in [-0.1, -0.05) is 77.3 Å². The number of amides is 1. The van der Waals surface area contributed by atoms with E-state index in [1.807, 2.05) is 30.3 Å². The van der Waals surface area contributed by atoms with Crippen molar-refractivity contribution in [2.24, 2.45) is 0 Å². The van der Waals surface area contributed by atoms with Crippen LogP contribution in [0.2, 0.25) is 0 Å². The van der Waals surface area contributed by atoms with E-state index in [0.717, 1.165) is 5.56 Å². The smallest absolute Gasteiger partial charge is 0.340 e. The number of carbonyl (C=O) groups excluding carboxylic acids is 2. The average molecular weight is 489 g/mol. The van der Waals surface area contributed by atoms with E-state index >= 15 is 0 Å². The molecular weight excluding hydrogens is 469 g/mol. The Bertz CT molecular complexity index is 892. The molecule has 0 radical (unpaired) electrons. The Morgan fingerprint density at radius 1 is 1.03 bits per heavy atom. The summed E-state index contributed by atoms with van der Waals surface area (Å²) < 4.78 is 3.14. The van der Waals surface area contributed by atoms with E-state index < -0.39 is 15.9 Å². The topological polar surface area (TPSA) is 79.5 Å². The molecule has 1 unspecified atom stereocenters. The third-order valence-electron chi connectivity index (χ3n) is 3.79. The van der Waals surface area contributed by atoms with E-state index in [4.69, 9.17) is 51.8 Å². The zero-order valence-corrected chi connectivity index (χ0v) is 19.0. The summed E-state index contributed by atoms with van der Waals surface area (Å²) in [5, 5.41) is 8.29. The highest BCUT2D eigenvalue weighted by Crippen LogP contribution is 2.29. The highest BCUT2D eigenvalue weighted by Gasteiger charge is 2.34. The van der Waals surface area contributed by atoms with Crippen LogP contribution in [-0.4, -0.2) is 33.6 Å². The van der Waals surface area contributed by atoms with E-state index in [0.29, 0.717) is 11.3 Å². The number of thiocarbonyl (C=S) groups is 1. The lowest BCUT2D eigenvalue weighted by molar-refractivity contribution is -0.121. The molecule has 160 valence electrons. The van der Waals surface area contributed by atoms with Gasteiger partial charge in [0.25, 0.3) is 0 Å². The van der Waals surface area contributed by atoms with Crippen LogP contribution in [0.5, 0.6) is 0 Å². The lowest BCUT2D eigenvalue weighted by Gasteiger charge is -2.28. The molecule has 2 aromatic carbocycles. The number of halogens is 3. The van der Waals surface area contributed by atoms with E-state index in [-0.39, 0.29) is 24.0 Å². The van der Waals surface area contributed by atoms with Crippen molar-refractivity contribution >= 4 is 69.7 Å². The summed E-state index contributed by atoms with van der Waals surface area (Å²) in [6, 6.07) is 15.8. The van der Waals surface area contributed by atoms with Gasteiger partial charge in [-0.25, -0.2) is 4.79 Å². The molecule has 30 heavy (non-hydrogen) atoms. The Morgan fingerprint density at radius 2 is 1.67 bits per heavy atom. The molecule has 2 aromatic rings. The van der Waals surface area contributed by atoms with E-state index in [1.165, 1.54) is 0 Å². The number of rotatable bonds is 7. The number of alkyl halides is 3. The normalized spacial score (nSPS) is 11.9. The molecule has 0 aliphatic rings. The Labute approximate surface area is 195 Å². The monoisotopic (exact) mass is 487 g/mol. The van der Waals surface area contributed by atoms with Gasteiger partial charge in [-0.15, -0.1) is 0 Å². The molecule has 10 heteroatoms. The number of anilines is 1. The quantitative estimate of drug-likeness (QED) is 0.235. The second-order valence-corrected chi connectivity index (χ2v) is 8.85. The molecule has 0 aromatic heterocycles. The first-order valence-electron chi connectivity index (χ1n) is 8.94. The van der Waals surface area contributed by atoms with Crippen LogP contribution in [0, 0.1) is 0 Å². The number of ether oxygens (including phenoxy) is 1. The number of carbonyl (C=O) groups is 2. The van der Waals surface area contributed by atoms with Gasteiger partial charge < -0.3 is 20.7 Å². The van der Waals surface area contributed by atoms with Crippen molar-refractivity contribution in [1.29, 1.82) is 0 Å². The molecule has 0 saturated carbocycles. The summed E-state index contributed by atoms with van der Waals surface area (Å²) in [6.45, 7) is 1.95. The minimum Gasteiger partial charge on any atom is -0.462 e. The van der Waals surface area contributed by atoms with Gasteiger partial charge in [0.05, 0.1) is 24.3 Å².